The molecule has 1 aliphatic heterocycles. The third-order valence-electron chi connectivity index (χ3n) is 4.06. The van der Waals surface area contributed by atoms with E-state index in [9.17, 15) is 9.59 Å². The van der Waals surface area contributed by atoms with Gasteiger partial charge in [-0.05, 0) is 29.8 Å². The average molecular weight is 379 g/mol. The fourth-order valence-corrected chi connectivity index (χ4v) is 3.66. The largest absolute Gasteiger partial charge is 0.459 e. The normalized spacial score (nSPS) is 14.6. The number of rotatable bonds is 5. The van der Waals surface area contributed by atoms with E-state index < -0.39 is 0 Å². The predicted octanol–water partition coefficient (Wildman–Crippen LogP) is 3.15. The van der Waals surface area contributed by atoms with Gasteiger partial charge in [0.15, 0.2) is 5.76 Å². The molecule has 1 fully saturated rings. The Morgan fingerprint density at radius 3 is 2.36 bits per heavy atom. The summed E-state index contributed by atoms with van der Waals surface area (Å²) < 4.78 is 5.14. The van der Waals surface area contributed by atoms with Crippen molar-refractivity contribution in [2.75, 3.05) is 31.9 Å². The summed E-state index contributed by atoms with van der Waals surface area (Å²) in [4.78, 5) is 28.1. The Morgan fingerprint density at radius 2 is 1.72 bits per heavy atom. The first kappa shape index (κ1) is 17.9. The number of piperazine rings is 1. The summed E-state index contributed by atoms with van der Waals surface area (Å²) in [6.45, 7) is 2.19. The molecule has 1 saturated heterocycles. The molecule has 0 saturated carbocycles. The van der Waals surface area contributed by atoms with Crippen molar-refractivity contribution < 1.29 is 14.0 Å². The predicted molar refractivity (Wildman–Crippen MR) is 98.8 cm³/mol. The molecule has 2 amide bonds. The molecule has 2 aromatic rings. The van der Waals surface area contributed by atoms with Gasteiger partial charge in [-0.1, -0.05) is 23.7 Å². The summed E-state index contributed by atoms with van der Waals surface area (Å²) in [5.74, 6) is 1.56. The molecule has 0 unspecified atom stereocenters. The van der Waals surface area contributed by atoms with Gasteiger partial charge in [-0.15, -0.1) is 11.8 Å². The van der Waals surface area contributed by atoms with Crippen molar-refractivity contribution in [1.29, 1.82) is 0 Å². The topological polar surface area (TPSA) is 53.8 Å². The van der Waals surface area contributed by atoms with Crippen molar-refractivity contribution in [1.82, 2.24) is 9.80 Å². The second-order valence-corrected chi connectivity index (χ2v) is 7.19. The number of amides is 2. The van der Waals surface area contributed by atoms with Gasteiger partial charge < -0.3 is 14.2 Å². The lowest BCUT2D eigenvalue weighted by molar-refractivity contribution is -0.129. The molecule has 1 aliphatic rings. The standard InChI is InChI=1S/C18H19ClN2O3S/c19-15-5-3-14(4-6-15)12-25-13-17(22)20-7-9-21(10-8-20)18(23)16-2-1-11-24-16/h1-6,11H,7-10,12-13H2. The lowest BCUT2D eigenvalue weighted by Crippen LogP contribution is -2.51. The molecule has 7 heteroatoms. The van der Waals surface area contributed by atoms with Gasteiger partial charge in [0, 0.05) is 37.0 Å². The van der Waals surface area contributed by atoms with Crippen LogP contribution in [0.1, 0.15) is 16.1 Å². The monoisotopic (exact) mass is 378 g/mol. The zero-order valence-corrected chi connectivity index (χ0v) is 15.3. The van der Waals surface area contributed by atoms with E-state index in [0.717, 1.165) is 11.3 Å². The van der Waals surface area contributed by atoms with E-state index in [2.05, 4.69) is 0 Å². The van der Waals surface area contributed by atoms with Gasteiger partial charge in [0.1, 0.15) is 0 Å². The maximum atomic E-state index is 12.3. The highest BCUT2D eigenvalue weighted by Gasteiger charge is 2.25. The number of hydrogen-bond acceptors (Lipinski definition) is 4. The van der Waals surface area contributed by atoms with Crippen LogP contribution < -0.4 is 0 Å². The Hall–Kier alpha value is -1.92. The highest BCUT2D eigenvalue weighted by molar-refractivity contribution is 7.99. The van der Waals surface area contributed by atoms with Crippen LogP contribution in [-0.4, -0.2) is 53.5 Å². The molecular formula is C18H19ClN2O3S. The second kappa shape index (κ2) is 8.45. The molecule has 0 atom stereocenters. The lowest BCUT2D eigenvalue weighted by Gasteiger charge is -2.34. The summed E-state index contributed by atoms with van der Waals surface area (Å²) in [7, 11) is 0. The first-order chi connectivity index (χ1) is 12.1. The summed E-state index contributed by atoms with van der Waals surface area (Å²) in [6, 6.07) is 11.0. The number of carbonyl (C=O) groups excluding carboxylic acids is 2. The summed E-state index contributed by atoms with van der Waals surface area (Å²) in [6.07, 6.45) is 1.49. The summed E-state index contributed by atoms with van der Waals surface area (Å²) in [5, 5.41) is 0.715. The van der Waals surface area contributed by atoms with Crippen LogP contribution in [0.4, 0.5) is 0 Å². The number of halogens is 1. The van der Waals surface area contributed by atoms with E-state index in [-0.39, 0.29) is 11.8 Å². The van der Waals surface area contributed by atoms with E-state index in [4.69, 9.17) is 16.0 Å². The number of thioether (sulfide) groups is 1. The lowest BCUT2D eigenvalue weighted by atomic mass is 10.2. The number of nitrogens with zero attached hydrogens (tertiary/aromatic N) is 2. The fourth-order valence-electron chi connectivity index (χ4n) is 2.64. The van der Waals surface area contributed by atoms with Crippen LogP contribution in [0.5, 0.6) is 0 Å². The smallest absolute Gasteiger partial charge is 0.289 e. The zero-order valence-electron chi connectivity index (χ0n) is 13.7. The fraction of sp³-hybridized carbons (Fsp3) is 0.333. The van der Waals surface area contributed by atoms with E-state index in [1.807, 2.05) is 29.2 Å². The minimum Gasteiger partial charge on any atom is -0.459 e. The van der Waals surface area contributed by atoms with E-state index in [0.29, 0.717) is 42.7 Å². The molecule has 0 bridgehead atoms. The van der Waals surface area contributed by atoms with E-state index in [1.165, 1.54) is 6.26 Å². The molecule has 0 N–H and O–H groups in total. The van der Waals surface area contributed by atoms with E-state index >= 15 is 0 Å². The molecular weight excluding hydrogens is 360 g/mol. The Balaban J connectivity index is 1.41. The molecule has 25 heavy (non-hydrogen) atoms. The van der Waals surface area contributed by atoms with Crippen LogP contribution in [0.3, 0.4) is 0 Å². The number of benzene rings is 1. The number of furan rings is 1. The van der Waals surface area contributed by atoms with Crippen molar-refractivity contribution in [3.8, 4) is 0 Å². The maximum Gasteiger partial charge on any atom is 0.289 e. The quantitative estimate of drug-likeness (QED) is 0.802. The van der Waals surface area contributed by atoms with Gasteiger partial charge in [-0.25, -0.2) is 0 Å². The van der Waals surface area contributed by atoms with E-state index in [1.54, 1.807) is 28.8 Å². The Bertz CT molecular complexity index is 710. The van der Waals surface area contributed by atoms with Crippen molar-refractivity contribution in [2.24, 2.45) is 0 Å². The van der Waals surface area contributed by atoms with Crippen LogP contribution in [0.2, 0.25) is 5.02 Å². The van der Waals surface area contributed by atoms with Gasteiger partial charge in [0.25, 0.3) is 5.91 Å². The van der Waals surface area contributed by atoms with Gasteiger partial charge >= 0.3 is 0 Å². The molecule has 0 spiro atoms. The van der Waals surface area contributed by atoms with Crippen molar-refractivity contribution in [3.63, 3.8) is 0 Å². The van der Waals surface area contributed by atoms with Gasteiger partial charge in [0.05, 0.1) is 12.0 Å². The molecule has 3 rings (SSSR count). The molecule has 0 aliphatic carbocycles. The van der Waals surface area contributed by atoms with Crippen LogP contribution in [0.25, 0.3) is 0 Å². The Kier molecular flexibility index (Phi) is 6.04. The molecule has 1 aromatic heterocycles. The molecule has 132 valence electrons. The number of hydrogen-bond donors (Lipinski definition) is 0. The third kappa shape index (κ3) is 4.80. The van der Waals surface area contributed by atoms with Gasteiger partial charge in [-0.2, -0.15) is 0 Å². The van der Waals surface area contributed by atoms with Crippen molar-refractivity contribution >= 4 is 35.2 Å². The molecule has 5 nitrogen and oxygen atoms in total. The van der Waals surface area contributed by atoms with Crippen molar-refractivity contribution in [2.45, 2.75) is 5.75 Å². The minimum atomic E-state index is -0.116. The highest BCUT2D eigenvalue weighted by Crippen LogP contribution is 2.16. The SMILES string of the molecule is O=C(CSCc1ccc(Cl)cc1)N1CCN(C(=O)c2ccco2)CC1. The van der Waals surface area contributed by atoms with Gasteiger partial charge in [-0.3, -0.25) is 9.59 Å². The summed E-state index contributed by atoms with van der Waals surface area (Å²) >= 11 is 7.45. The maximum absolute atomic E-state index is 12.3. The van der Waals surface area contributed by atoms with Crippen LogP contribution >= 0.6 is 23.4 Å². The number of carbonyl (C=O) groups is 2. The first-order valence-corrected chi connectivity index (χ1v) is 9.59. The van der Waals surface area contributed by atoms with Crippen molar-refractivity contribution in [3.05, 3.63) is 59.0 Å². The first-order valence-electron chi connectivity index (χ1n) is 8.06. The van der Waals surface area contributed by atoms with Crippen LogP contribution in [-0.2, 0) is 10.5 Å². The molecule has 2 heterocycles. The Labute approximate surface area is 155 Å². The molecule has 0 radical (unpaired) electrons. The van der Waals surface area contributed by atoms with Gasteiger partial charge in [0.2, 0.25) is 5.91 Å². The second-order valence-electron chi connectivity index (χ2n) is 5.77. The zero-order chi connectivity index (χ0) is 17.6. The van der Waals surface area contributed by atoms with Crippen LogP contribution in [0.15, 0.2) is 47.1 Å². The highest BCUT2D eigenvalue weighted by atomic mass is 35.5. The third-order valence-corrected chi connectivity index (χ3v) is 5.30. The van der Waals surface area contributed by atoms with Crippen LogP contribution in [0, 0.1) is 0 Å². The average Bonchev–Trinajstić information content (AvgIpc) is 3.17. The molecule has 1 aromatic carbocycles. The minimum absolute atomic E-state index is 0.115. The summed E-state index contributed by atoms with van der Waals surface area (Å²) in [5.41, 5.74) is 1.15. The Morgan fingerprint density at radius 1 is 1.04 bits per heavy atom.